The quantitative estimate of drug-likeness (QED) is 0.669. The van der Waals surface area contributed by atoms with Crippen LogP contribution in [0.3, 0.4) is 0 Å². The SMILES string of the molecule is c1cnc2c(c1)N=N/N=N\c1ncccc1-2. The minimum Gasteiger partial charge on any atom is -0.254 e. The zero-order valence-electron chi connectivity index (χ0n) is 8.15. The van der Waals surface area contributed by atoms with Gasteiger partial charge in [-0.2, -0.15) is 0 Å². The van der Waals surface area contributed by atoms with Gasteiger partial charge in [-0.15, -0.1) is 10.2 Å². The second-order valence-electron chi connectivity index (χ2n) is 3.12. The summed E-state index contributed by atoms with van der Waals surface area (Å²) in [7, 11) is 0. The third kappa shape index (κ3) is 1.36. The van der Waals surface area contributed by atoms with Crippen molar-refractivity contribution in [2.24, 2.45) is 20.7 Å². The summed E-state index contributed by atoms with van der Waals surface area (Å²) in [5, 5.41) is 14.9. The molecule has 1 aliphatic heterocycles. The van der Waals surface area contributed by atoms with Crippen molar-refractivity contribution in [3.05, 3.63) is 36.7 Å². The number of aromatic nitrogens is 2. The van der Waals surface area contributed by atoms with E-state index >= 15 is 0 Å². The molecular formula is C10H6N6. The Morgan fingerprint density at radius 3 is 2.62 bits per heavy atom. The van der Waals surface area contributed by atoms with Crippen molar-refractivity contribution in [2.75, 3.05) is 0 Å². The van der Waals surface area contributed by atoms with Crippen LogP contribution in [0.1, 0.15) is 0 Å². The van der Waals surface area contributed by atoms with Gasteiger partial charge in [0, 0.05) is 18.0 Å². The lowest BCUT2D eigenvalue weighted by Crippen LogP contribution is -1.87. The molecule has 1 aliphatic rings. The van der Waals surface area contributed by atoms with E-state index in [2.05, 4.69) is 30.6 Å². The summed E-state index contributed by atoms with van der Waals surface area (Å²) in [4.78, 5) is 8.38. The lowest BCUT2D eigenvalue weighted by atomic mass is 10.1. The molecule has 0 radical (unpaired) electrons. The van der Waals surface area contributed by atoms with Gasteiger partial charge >= 0.3 is 0 Å². The van der Waals surface area contributed by atoms with Crippen LogP contribution in [-0.4, -0.2) is 9.97 Å². The first-order valence-electron chi connectivity index (χ1n) is 4.67. The summed E-state index contributed by atoms with van der Waals surface area (Å²) in [6.45, 7) is 0. The molecule has 0 saturated carbocycles. The molecule has 16 heavy (non-hydrogen) atoms. The zero-order valence-corrected chi connectivity index (χ0v) is 8.15. The molecule has 0 saturated heterocycles. The van der Waals surface area contributed by atoms with Crippen molar-refractivity contribution < 1.29 is 0 Å². The molecule has 0 aromatic carbocycles. The standard InChI is InChI=1S/C10H6N6/c1-3-7-9-8(4-2-5-11-9)13-15-16-14-10(7)12-6-1/h1-6H/b9-7?,13-8?,14-10?,15-13?,16-14-,16-15?. The monoisotopic (exact) mass is 210 g/mol. The molecule has 0 bridgehead atoms. The van der Waals surface area contributed by atoms with Crippen LogP contribution in [0.4, 0.5) is 11.5 Å². The Hall–Kier alpha value is -2.50. The molecule has 6 nitrogen and oxygen atoms in total. The summed E-state index contributed by atoms with van der Waals surface area (Å²) < 4.78 is 0. The van der Waals surface area contributed by atoms with E-state index in [0.717, 1.165) is 5.56 Å². The van der Waals surface area contributed by atoms with Crippen LogP contribution in [0, 0.1) is 0 Å². The zero-order chi connectivity index (χ0) is 10.8. The fraction of sp³-hybridized carbons (Fsp3) is 0. The highest BCUT2D eigenvalue weighted by molar-refractivity contribution is 5.78. The molecule has 2 aromatic heterocycles. The van der Waals surface area contributed by atoms with Crippen LogP contribution >= 0.6 is 0 Å². The predicted molar refractivity (Wildman–Crippen MR) is 56.5 cm³/mol. The van der Waals surface area contributed by atoms with E-state index in [-0.39, 0.29) is 0 Å². The summed E-state index contributed by atoms with van der Waals surface area (Å²) >= 11 is 0. The Balaban J connectivity index is 2.34. The van der Waals surface area contributed by atoms with Crippen molar-refractivity contribution in [1.29, 1.82) is 0 Å². The lowest BCUT2D eigenvalue weighted by Gasteiger charge is -2.06. The molecule has 76 valence electrons. The minimum atomic E-state index is 0.501. The van der Waals surface area contributed by atoms with Gasteiger partial charge in [-0.25, -0.2) is 4.98 Å². The summed E-state index contributed by atoms with van der Waals surface area (Å²) in [5.41, 5.74) is 2.18. The molecule has 0 unspecified atom stereocenters. The van der Waals surface area contributed by atoms with E-state index in [9.17, 15) is 0 Å². The second-order valence-corrected chi connectivity index (χ2v) is 3.12. The Kier molecular flexibility index (Phi) is 1.96. The van der Waals surface area contributed by atoms with Crippen LogP contribution in [-0.2, 0) is 0 Å². The Bertz CT molecular complexity index is 536. The van der Waals surface area contributed by atoms with Crippen LogP contribution in [0.15, 0.2) is 57.3 Å². The number of nitrogens with zero attached hydrogens (tertiary/aromatic N) is 6. The average Bonchev–Trinajstić information content (AvgIpc) is 2.33. The summed E-state index contributed by atoms with van der Waals surface area (Å²) in [6, 6.07) is 7.33. The fourth-order valence-electron chi connectivity index (χ4n) is 1.48. The normalized spacial score (nSPS) is 14.5. The Labute approximate surface area is 90.8 Å². The van der Waals surface area contributed by atoms with Crippen molar-refractivity contribution in [1.82, 2.24) is 9.97 Å². The molecule has 3 rings (SSSR count). The van der Waals surface area contributed by atoms with E-state index in [1.54, 1.807) is 18.5 Å². The first kappa shape index (κ1) is 8.78. The van der Waals surface area contributed by atoms with E-state index in [1.807, 2.05) is 18.2 Å². The van der Waals surface area contributed by atoms with Crippen LogP contribution < -0.4 is 0 Å². The molecule has 0 amide bonds. The third-order valence-corrected chi connectivity index (χ3v) is 2.16. The Morgan fingerprint density at radius 2 is 1.62 bits per heavy atom. The lowest BCUT2D eigenvalue weighted by molar-refractivity contribution is 0.937. The Morgan fingerprint density at radius 1 is 0.812 bits per heavy atom. The van der Waals surface area contributed by atoms with Crippen molar-refractivity contribution in [3.63, 3.8) is 0 Å². The highest BCUT2D eigenvalue weighted by Crippen LogP contribution is 2.34. The number of fused-ring (bicyclic) bond motifs is 3. The van der Waals surface area contributed by atoms with E-state index in [1.165, 1.54) is 0 Å². The number of pyridine rings is 2. The highest BCUT2D eigenvalue weighted by Gasteiger charge is 2.12. The topological polar surface area (TPSA) is 75.2 Å². The summed E-state index contributed by atoms with van der Waals surface area (Å²) in [5.74, 6) is 0.501. The van der Waals surface area contributed by atoms with Gasteiger partial charge in [0.2, 0.25) is 0 Å². The van der Waals surface area contributed by atoms with Gasteiger partial charge in [0.1, 0.15) is 11.4 Å². The van der Waals surface area contributed by atoms with Gasteiger partial charge in [0.15, 0.2) is 5.82 Å². The predicted octanol–water partition coefficient (Wildman–Crippen LogP) is 3.24. The number of rotatable bonds is 0. The summed E-state index contributed by atoms with van der Waals surface area (Å²) in [6.07, 6.45) is 3.35. The van der Waals surface area contributed by atoms with Gasteiger partial charge in [-0.1, -0.05) is 0 Å². The first-order valence-corrected chi connectivity index (χ1v) is 4.67. The van der Waals surface area contributed by atoms with E-state index in [4.69, 9.17) is 0 Å². The largest absolute Gasteiger partial charge is 0.254 e. The molecule has 0 aliphatic carbocycles. The molecule has 0 N–H and O–H groups in total. The minimum absolute atomic E-state index is 0.501. The molecule has 2 aromatic rings. The molecule has 0 atom stereocenters. The maximum atomic E-state index is 4.27. The molecule has 0 spiro atoms. The first-order chi connectivity index (χ1) is 7.95. The second kappa shape index (κ2) is 3.58. The fourth-order valence-corrected chi connectivity index (χ4v) is 1.48. The number of hydrogen-bond acceptors (Lipinski definition) is 6. The van der Waals surface area contributed by atoms with E-state index in [0.29, 0.717) is 17.2 Å². The number of hydrogen-bond donors (Lipinski definition) is 0. The third-order valence-electron chi connectivity index (χ3n) is 2.16. The van der Waals surface area contributed by atoms with Crippen molar-refractivity contribution >= 4 is 11.5 Å². The molecule has 0 fully saturated rings. The van der Waals surface area contributed by atoms with Crippen LogP contribution in [0.5, 0.6) is 0 Å². The van der Waals surface area contributed by atoms with Gasteiger partial charge in [-0.05, 0) is 34.7 Å². The van der Waals surface area contributed by atoms with Crippen LogP contribution in [0.25, 0.3) is 11.3 Å². The van der Waals surface area contributed by atoms with Crippen LogP contribution in [0.2, 0.25) is 0 Å². The average molecular weight is 210 g/mol. The molecule has 3 heterocycles. The maximum Gasteiger partial charge on any atom is 0.185 e. The van der Waals surface area contributed by atoms with Crippen molar-refractivity contribution in [2.45, 2.75) is 0 Å². The van der Waals surface area contributed by atoms with Crippen molar-refractivity contribution in [3.8, 4) is 11.3 Å². The highest BCUT2D eigenvalue weighted by atomic mass is 15.5. The maximum absolute atomic E-state index is 4.27. The van der Waals surface area contributed by atoms with Gasteiger partial charge in [0.05, 0.1) is 0 Å². The molecular weight excluding hydrogens is 204 g/mol. The smallest absolute Gasteiger partial charge is 0.185 e. The van der Waals surface area contributed by atoms with Gasteiger partial charge in [-0.3, -0.25) is 4.98 Å². The van der Waals surface area contributed by atoms with Gasteiger partial charge < -0.3 is 0 Å². The van der Waals surface area contributed by atoms with Gasteiger partial charge in [0.25, 0.3) is 0 Å². The molecule has 6 heteroatoms. The van der Waals surface area contributed by atoms with E-state index < -0.39 is 0 Å².